The van der Waals surface area contributed by atoms with Crippen molar-refractivity contribution in [3.8, 4) is 16.9 Å². The number of carbonyl (C=O) groups excluding carboxylic acids is 1. The Morgan fingerprint density at radius 2 is 1.23 bits per heavy atom. The van der Waals surface area contributed by atoms with Gasteiger partial charge in [-0.2, -0.15) is 0 Å². The normalized spacial score (nSPS) is 12.7. The SMILES string of the molecule is CCCCCCCOC(C)c1ccc(-c2ccc(C(=O)Oc3ccc(C(CCC)CCCC)cc3)cc2)cc1. The van der Waals surface area contributed by atoms with Crippen LogP contribution in [-0.2, 0) is 4.74 Å². The van der Waals surface area contributed by atoms with Crippen molar-refractivity contribution in [1.29, 1.82) is 0 Å². The second-order valence-corrected chi connectivity index (χ2v) is 10.7. The van der Waals surface area contributed by atoms with E-state index >= 15 is 0 Å². The summed E-state index contributed by atoms with van der Waals surface area (Å²) < 4.78 is 11.7. The molecule has 0 saturated heterocycles. The van der Waals surface area contributed by atoms with Crippen LogP contribution in [0.15, 0.2) is 72.8 Å². The Morgan fingerprint density at radius 3 is 1.85 bits per heavy atom. The third-order valence-electron chi connectivity index (χ3n) is 7.56. The average Bonchev–Trinajstić information content (AvgIpc) is 2.97. The molecule has 2 unspecified atom stereocenters. The van der Waals surface area contributed by atoms with Gasteiger partial charge in [-0.15, -0.1) is 0 Å². The molecule has 3 aromatic carbocycles. The van der Waals surface area contributed by atoms with Crippen LogP contribution in [0.2, 0.25) is 0 Å². The van der Waals surface area contributed by atoms with Gasteiger partial charge in [-0.3, -0.25) is 0 Å². The number of hydrogen-bond acceptors (Lipinski definition) is 3. The van der Waals surface area contributed by atoms with Crippen LogP contribution in [0.25, 0.3) is 11.1 Å². The zero-order chi connectivity index (χ0) is 27.9. The zero-order valence-electron chi connectivity index (χ0n) is 24.6. The van der Waals surface area contributed by atoms with Crippen molar-refractivity contribution in [2.24, 2.45) is 0 Å². The first kappa shape index (κ1) is 30.6. The van der Waals surface area contributed by atoms with Gasteiger partial charge < -0.3 is 9.47 Å². The standard InChI is InChI=1S/C36H48O3/c1-5-8-10-11-12-27-38-28(4)29-15-17-31(18-16-29)32-19-21-34(22-20-32)36(37)39-35-25-23-33(24-26-35)30(13-7-3)14-9-6-2/h15-26,28,30H,5-14,27H2,1-4H3. The smallest absolute Gasteiger partial charge is 0.343 e. The summed E-state index contributed by atoms with van der Waals surface area (Å²) in [5.74, 6) is 0.838. The molecule has 2 atom stereocenters. The maximum absolute atomic E-state index is 12.8. The molecule has 0 heterocycles. The monoisotopic (exact) mass is 528 g/mol. The predicted octanol–water partition coefficient (Wildman–Crippen LogP) is 10.7. The summed E-state index contributed by atoms with van der Waals surface area (Å²) in [6.45, 7) is 9.64. The Morgan fingerprint density at radius 1 is 0.641 bits per heavy atom. The number of benzene rings is 3. The van der Waals surface area contributed by atoms with Gasteiger partial charge in [0.2, 0.25) is 0 Å². The Bertz CT molecular complexity index is 1080. The summed E-state index contributed by atoms with van der Waals surface area (Å²) in [6.07, 6.45) is 12.4. The molecular formula is C36H48O3. The van der Waals surface area contributed by atoms with Crippen LogP contribution < -0.4 is 4.74 Å². The fourth-order valence-electron chi connectivity index (χ4n) is 5.06. The molecule has 3 heteroatoms. The fourth-order valence-corrected chi connectivity index (χ4v) is 5.06. The molecule has 0 saturated carbocycles. The number of esters is 1. The maximum atomic E-state index is 12.8. The van der Waals surface area contributed by atoms with Crippen molar-refractivity contribution in [3.05, 3.63) is 89.5 Å². The lowest BCUT2D eigenvalue weighted by Crippen LogP contribution is -2.08. The summed E-state index contributed by atoms with van der Waals surface area (Å²) in [4.78, 5) is 12.8. The minimum absolute atomic E-state index is 0.0882. The van der Waals surface area contributed by atoms with Crippen LogP contribution in [0.5, 0.6) is 5.75 Å². The topological polar surface area (TPSA) is 35.5 Å². The molecule has 210 valence electrons. The van der Waals surface area contributed by atoms with Crippen LogP contribution in [-0.4, -0.2) is 12.6 Å². The summed E-state index contributed by atoms with van der Waals surface area (Å²) in [5.41, 5.74) is 5.26. The highest BCUT2D eigenvalue weighted by atomic mass is 16.5. The largest absolute Gasteiger partial charge is 0.423 e. The number of hydrogen-bond donors (Lipinski definition) is 0. The number of carbonyl (C=O) groups is 1. The molecule has 0 N–H and O–H groups in total. The Balaban J connectivity index is 1.52. The van der Waals surface area contributed by atoms with E-state index in [1.54, 1.807) is 0 Å². The summed E-state index contributed by atoms with van der Waals surface area (Å²) in [6, 6.07) is 24.2. The summed E-state index contributed by atoms with van der Waals surface area (Å²) in [5, 5.41) is 0. The van der Waals surface area contributed by atoms with E-state index in [1.165, 1.54) is 68.9 Å². The van der Waals surface area contributed by atoms with Crippen molar-refractivity contribution in [1.82, 2.24) is 0 Å². The van der Waals surface area contributed by atoms with Crippen LogP contribution >= 0.6 is 0 Å². The van der Waals surface area contributed by atoms with E-state index < -0.39 is 0 Å². The molecule has 0 bridgehead atoms. The van der Waals surface area contributed by atoms with Crippen LogP contribution in [0, 0.1) is 0 Å². The quantitative estimate of drug-likeness (QED) is 0.0993. The first-order chi connectivity index (χ1) is 19.0. The van der Waals surface area contributed by atoms with E-state index in [0.29, 0.717) is 17.2 Å². The molecular weight excluding hydrogens is 480 g/mol. The van der Waals surface area contributed by atoms with Crippen LogP contribution in [0.3, 0.4) is 0 Å². The molecule has 0 aliphatic heterocycles. The van der Waals surface area contributed by atoms with Gasteiger partial charge in [0.05, 0.1) is 11.7 Å². The zero-order valence-corrected chi connectivity index (χ0v) is 24.6. The second-order valence-electron chi connectivity index (χ2n) is 10.7. The van der Waals surface area contributed by atoms with Crippen LogP contribution in [0.4, 0.5) is 0 Å². The molecule has 0 fully saturated rings. The minimum atomic E-state index is -0.332. The second kappa shape index (κ2) is 16.9. The molecule has 0 spiro atoms. The van der Waals surface area contributed by atoms with Gasteiger partial charge in [0.15, 0.2) is 0 Å². The van der Waals surface area contributed by atoms with Gasteiger partial charge in [0.1, 0.15) is 5.75 Å². The first-order valence-corrected chi connectivity index (χ1v) is 15.2. The molecule has 3 aromatic rings. The molecule has 0 aliphatic carbocycles. The van der Waals surface area contributed by atoms with Crippen molar-refractivity contribution in [2.45, 2.75) is 104 Å². The molecule has 0 radical (unpaired) electrons. The van der Waals surface area contributed by atoms with E-state index in [-0.39, 0.29) is 12.1 Å². The highest BCUT2D eigenvalue weighted by Gasteiger charge is 2.13. The molecule has 0 aromatic heterocycles. The van der Waals surface area contributed by atoms with Gasteiger partial charge in [-0.25, -0.2) is 4.79 Å². The fraction of sp³-hybridized carbons (Fsp3) is 0.472. The third kappa shape index (κ3) is 9.97. The summed E-state index contributed by atoms with van der Waals surface area (Å²) >= 11 is 0. The van der Waals surface area contributed by atoms with Crippen molar-refractivity contribution >= 4 is 5.97 Å². The number of rotatable bonds is 17. The Kier molecular flexibility index (Phi) is 13.3. The average molecular weight is 529 g/mol. The maximum Gasteiger partial charge on any atom is 0.343 e. The van der Waals surface area contributed by atoms with E-state index in [9.17, 15) is 4.79 Å². The van der Waals surface area contributed by atoms with Crippen molar-refractivity contribution in [2.75, 3.05) is 6.61 Å². The molecule has 0 amide bonds. The van der Waals surface area contributed by atoms with Gasteiger partial charge in [0, 0.05) is 6.61 Å². The van der Waals surface area contributed by atoms with Crippen molar-refractivity contribution in [3.63, 3.8) is 0 Å². The molecule has 39 heavy (non-hydrogen) atoms. The van der Waals surface area contributed by atoms with E-state index in [1.807, 2.05) is 36.4 Å². The molecule has 3 rings (SSSR count). The highest BCUT2D eigenvalue weighted by Crippen LogP contribution is 2.29. The summed E-state index contributed by atoms with van der Waals surface area (Å²) in [7, 11) is 0. The first-order valence-electron chi connectivity index (χ1n) is 15.2. The number of unbranched alkanes of at least 4 members (excludes halogenated alkanes) is 5. The minimum Gasteiger partial charge on any atom is -0.423 e. The van der Waals surface area contributed by atoms with E-state index in [0.717, 1.165) is 24.2 Å². The van der Waals surface area contributed by atoms with Gasteiger partial charge in [-0.1, -0.05) is 114 Å². The Labute approximate surface area is 237 Å². The van der Waals surface area contributed by atoms with Gasteiger partial charge in [0.25, 0.3) is 0 Å². The lowest BCUT2D eigenvalue weighted by Gasteiger charge is -2.16. The molecule has 0 aliphatic rings. The lowest BCUT2D eigenvalue weighted by atomic mass is 9.90. The highest BCUT2D eigenvalue weighted by molar-refractivity contribution is 5.91. The molecule has 3 nitrogen and oxygen atoms in total. The van der Waals surface area contributed by atoms with Gasteiger partial charge >= 0.3 is 5.97 Å². The van der Waals surface area contributed by atoms with Gasteiger partial charge in [-0.05, 0) is 78.6 Å². The van der Waals surface area contributed by atoms with Crippen molar-refractivity contribution < 1.29 is 14.3 Å². The predicted molar refractivity (Wildman–Crippen MR) is 164 cm³/mol. The van der Waals surface area contributed by atoms with E-state index in [4.69, 9.17) is 9.47 Å². The lowest BCUT2D eigenvalue weighted by molar-refractivity contribution is 0.0627. The van der Waals surface area contributed by atoms with Crippen LogP contribution in [0.1, 0.15) is 125 Å². The Hall–Kier alpha value is -2.91. The third-order valence-corrected chi connectivity index (χ3v) is 7.56. The number of ether oxygens (including phenoxy) is 2. The van der Waals surface area contributed by atoms with E-state index in [2.05, 4.69) is 64.1 Å².